The first-order valence-electron chi connectivity index (χ1n) is 22.4. The first-order valence-corrected chi connectivity index (χ1v) is 22.4. The molecule has 8 heterocycles. The second kappa shape index (κ2) is 129. The Morgan fingerprint density at radius 3 is 1.07 bits per heavy atom. The fourth-order valence-corrected chi connectivity index (χ4v) is 5.80. The predicted molar refractivity (Wildman–Crippen MR) is 537 cm³/mol. The Kier molecular flexibility index (Phi) is 262. The smallest absolute Gasteiger partial charge is 0.354 e. The predicted octanol–water partition coefficient (Wildman–Crippen LogP) is 31.7. The Hall–Kier alpha value is -10.5. The summed E-state index contributed by atoms with van der Waals surface area (Å²) in [4.78, 5) is 67.2. The Bertz CT molecular complexity index is 3450. The molecule has 0 atom stereocenters. The van der Waals surface area contributed by atoms with Crippen LogP contribution in [0.25, 0.3) is 32.8 Å². The molecule has 11 aromatic rings. The van der Waals surface area contributed by atoms with Crippen molar-refractivity contribution in [1.29, 1.82) is 0 Å². The molecule has 8 aromatic heterocycles. The van der Waals surface area contributed by atoms with Crippen molar-refractivity contribution in [2.75, 3.05) is 0 Å². The highest BCUT2D eigenvalue weighted by Crippen LogP contribution is 2.23. The number of para-hydroxylation sites is 3. The van der Waals surface area contributed by atoms with E-state index in [1.807, 2.05) is 56.4 Å². The summed E-state index contributed by atoms with van der Waals surface area (Å²) in [7, 11) is 1.85. The Balaban J connectivity index is -0.0000000182. The molecule has 0 aliphatic carbocycles. The van der Waals surface area contributed by atoms with Crippen LogP contribution in [0.1, 0.15) is 326 Å². The second-order valence-corrected chi connectivity index (χ2v) is 15.0. The number of fused-ring (bicyclic) bond motifs is 3. The van der Waals surface area contributed by atoms with Gasteiger partial charge in [0, 0.05) is 60.7 Å². The molecule has 3 aromatic carbocycles. The number of carboxylic acids is 3. The number of pyridine rings is 5. The largest absolute Gasteiger partial charge is 0.506 e. The van der Waals surface area contributed by atoms with Crippen molar-refractivity contribution in [2.24, 2.45) is 7.05 Å². The van der Waals surface area contributed by atoms with Crippen LogP contribution in [0.5, 0.6) is 17.2 Å². The highest BCUT2D eigenvalue weighted by atomic mass is 16.4. The van der Waals surface area contributed by atoms with E-state index in [9.17, 15) is 29.7 Å². The first-order chi connectivity index (χ1) is 36.7. The van der Waals surface area contributed by atoms with E-state index in [0.29, 0.717) is 28.1 Å². The summed E-state index contributed by atoms with van der Waals surface area (Å²) in [6.45, 7) is 2.03. The van der Waals surface area contributed by atoms with Crippen LogP contribution < -0.4 is 0 Å². The number of aromatic nitrogens is 11. The molecule has 0 aliphatic heterocycles. The number of benzene rings is 3. The number of aromatic carboxylic acids is 2. The zero-order valence-corrected chi connectivity index (χ0v) is 40.8. The van der Waals surface area contributed by atoms with Gasteiger partial charge in [-0.15, -0.1) is 0 Å². The monoisotopic (exact) mass is 1640 g/mol. The molecule has 0 unspecified atom stereocenters. The lowest BCUT2D eigenvalue weighted by atomic mass is 10.2. The third-order valence-electron chi connectivity index (χ3n) is 9.50. The van der Waals surface area contributed by atoms with Gasteiger partial charge in [-0.25, -0.2) is 34.5 Å². The molecule has 22 nitrogen and oxygen atoms in total. The number of nitrogens with zero attached hydrogens (tertiary/aromatic N) is 9. The normalized spacial score (nSPS) is 6.46. The fourth-order valence-electron chi connectivity index (χ4n) is 5.80. The van der Waals surface area contributed by atoms with Crippen molar-refractivity contribution in [3.63, 3.8) is 0 Å². The van der Waals surface area contributed by atoms with Gasteiger partial charge >= 0.3 is 17.9 Å². The minimum Gasteiger partial charge on any atom is -0.506 e. The van der Waals surface area contributed by atoms with Gasteiger partial charge in [-0.3, -0.25) is 19.7 Å². The molecular formula is C92H205N11O11. The maximum Gasteiger partial charge on any atom is 0.354 e. The highest BCUT2D eigenvalue weighted by Gasteiger charge is 2.07. The molecule has 22 heteroatoms. The van der Waals surface area contributed by atoms with E-state index >= 15 is 0 Å². The molecule has 114 heavy (non-hydrogen) atoms. The van der Waals surface area contributed by atoms with Crippen molar-refractivity contribution >= 4 is 50.7 Å². The molecule has 0 saturated carbocycles. The molecule has 0 amide bonds. The number of nitrogens with one attached hydrogen (secondary N) is 2. The summed E-state index contributed by atoms with van der Waals surface area (Å²) in [6.07, 6.45) is 14.6. The van der Waals surface area contributed by atoms with Crippen LogP contribution >= 0.6 is 0 Å². The third kappa shape index (κ3) is 84.0. The number of aromatic amines is 2. The molecule has 11 rings (SSSR count). The summed E-state index contributed by atoms with van der Waals surface area (Å²) >= 11 is 0. The molecule has 0 bridgehead atoms. The lowest BCUT2D eigenvalue weighted by molar-refractivity contribution is -0.136. The Morgan fingerprint density at radius 1 is 0.360 bits per heavy atom. The van der Waals surface area contributed by atoms with Gasteiger partial charge < -0.3 is 55.4 Å². The zero-order valence-electron chi connectivity index (χ0n) is 40.8. The van der Waals surface area contributed by atoms with Crippen LogP contribution in [0, 0.1) is 6.92 Å². The van der Waals surface area contributed by atoms with Gasteiger partial charge in [0.15, 0.2) is 0 Å². The van der Waals surface area contributed by atoms with Crippen LogP contribution in [0.4, 0.5) is 0 Å². The maximum atomic E-state index is 10.6. The quantitative estimate of drug-likeness (QED) is 0.0739. The first kappa shape index (κ1) is 232. The lowest BCUT2D eigenvalue weighted by Crippen LogP contribution is -2.01. The molecular weight excluding hydrogens is 1440 g/mol. The molecule has 0 spiro atoms. The van der Waals surface area contributed by atoms with Crippen LogP contribution in [0.3, 0.4) is 0 Å². The van der Waals surface area contributed by atoms with Crippen LogP contribution in [-0.2, 0) is 31.5 Å². The van der Waals surface area contributed by atoms with E-state index in [-0.39, 0.29) is 330 Å². The zero-order chi connectivity index (χ0) is 55.1. The average molecular weight is 1640 g/mol. The molecule has 0 fully saturated rings. The number of rotatable bonds is 6. The van der Waals surface area contributed by atoms with Crippen LogP contribution in [0.15, 0.2) is 189 Å². The second-order valence-electron chi connectivity index (χ2n) is 15.0. The van der Waals surface area contributed by atoms with Crippen molar-refractivity contribution in [3.05, 3.63) is 224 Å². The number of aromatic hydroxyl groups is 3. The van der Waals surface area contributed by atoms with Gasteiger partial charge in [0.2, 0.25) is 0 Å². The number of carbonyl (C=O) groups is 3. The summed E-state index contributed by atoms with van der Waals surface area (Å²) < 4.78 is 1.78. The summed E-state index contributed by atoms with van der Waals surface area (Å²) in [5, 5.41) is 71.8. The summed E-state index contributed by atoms with van der Waals surface area (Å²) in [6, 6.07) is 38.1. The van der Waals surface area contributed by atoms with E-state index < -0.39 is 17.9 Å². The van der Waals surface area contributed by atoms with Gasteiger partial charge in [-0.2, -0.15) is 0 Å². The number of phenols is 3. The molecule has 10 N–H and O–H groups in total. The van der Waals surface area contributed by atoms with Gasteiger partial charge in [-0.1, -0.05) is 343 Å². The molecule has 0 radical (unpaired) electrons. The number of aliphatic hydroxyl groups excluding tert-OH is 2. The average Bonchev–Trinajstić information content (AvgIpc) is 1.08. The van der Waals surface area contributed by atoms with E-state index in [4.69, 9.17) is 25.5 Å². The van der Waals surface area contributed by atoms with Crippen molar-refractivity contribution in [3.8, 4) is 17.2 Å². The maximum absolute atomic E-state index is 10.6. The van der Waals surface area contributed by atoms with Crippen molar-refractivity contribution in [2.45, 2.75) is 309 Å². The topological polar surface area (TPSA) is 353 Å². The summed E-state index contributed by atoms with van der Waals surface area (Å²) in [5.74, 6) is -1.79. The highest BCUT2D eigenvalue weighted by molar-refractivity contribution is 5.91. The number of imidazole rings is 3. The Morgan fingerprint density at radius 2 is 0.763 bits per heavy atom. The number of carboxylic acid groups (broad SMARTS) is 3. The third-order valence-corrected chi connectivity index (χ3v) is 9.50. The van der Waals surface area contributed by atoms with Gasteiger partial charge in [0.05, 0.1) is 48.8 Å². The Labute approximate surface area is 713 Å². The minimum atomic E-state index is -1.10. The van der Waals surface area contributed by atoms with Crippen LogP contribution in [0.2, 0.25) is 0 Å². The fraction of sp³-hybridized carbons (Fsp3) is 0.467. The number of aliphatic carboxylic acids is 1. The number of aryl methyl sites for hydroxylation is 2. The molecule has 0 aliphatic rings. The summed E-state index contributed by atoms with van der Waals surface area (Å²) in [5.41, 5.74) is 4.89. The number of phenolic OH excluding ortho intramolecular Hbond substituents is 3. The van der Waals surface area contributed by atoms with Gasteiger partial charge in [0.1, 0.15) is 57.6 Å². The number of aliphatic hydroxyl groups is 2. The van der Waals surface area contributed by atoms with Crippen molar-refractivity contribution < 1.29 is 55.2 Å². The van der Waals surface area contributed by atoms with Crippen LogP contribution in [-0.4, -0.2) is 113 Å². The van der Waals surface area contributed by atoms with E-state index in [2.05, 4.69) is 49.8 Å². The number of H-pyrrole nitrogens is 2. The SMILES string of the molecule is C.C.C.C.C.C.C.C.C.C.C.C.C.C.C.C.C.C.C.C.C.C.C.C.C.C.C.C.C.C.C.C.C.C.C.C.C.C.Cc1ccccn1.Cn1ccnc1CO.O=C(O)Cc1ccccn1.O=C(O)c1ccc2cccc(O)c2n1.O=C(O)c1ccccn1.OCc1cnc[nH]1.Oc1cccc2[nH]cnc12.Oc1cccc2cccnc12. The van der Waals surface area contributed by atoms with Gasteiger partial charge in [0.25, 0.3) is 0 Å². The van der Waals surface area contributed by atoms with E-state index in [1.54, 1.807) is 121 Å². The number of hydrogen-bond acceptors (Lipinski definition) is 16. The van der Waals surface area contributed by atoms with Gasteiger partial charge in [-0.05, 0) is 79.7 Å². The number of hydrogen-bond donors (Lipinski definition) is 10. The van der Waals surface area contributed by atoms with E-state index in [1.165, 1.54) is 30.7 Å². The van der Waals surface area contributed by atoms with Crippen molar-refractivity contribution in [1.82, 2.24) is 54.4 Å². The standard InChI is InChI=1S/C10H7NO3.C9H7NO.C7H6N2O.C7H7NO2.C6H5NO2.C6H7N.C5H8N2O.C4H6N2O.38CH4/c12-8-3-1-2-6-4-5-7(10(13)14)11-9(6)8;11-8-5-1-3-7-4-2-6-10-9(7)8;10-6-3-1-2-5-7(6)9-4-8-5;9-7(10)5-6-3-1-2-4-8-6;8-6(9)5-3-1-2-4-7-5;1-6-4-2-3-5-7-6;1-7-3-2-6-5(7)4-8;7-2-4-1-5-3-6-4;;;;;;;;;;;;;;;;;;;;;;;;;;;;;;;;;;;;;;/h1-5,12H,(H,13,14);1-6,11H;1-4,10H,(H,8,9);1-4H,5H2,(H,9,10);1-4H,(H,8,9);2-5H,1H3;2-3,8H,4H2,1H3;1,3,7H,2H2,(H,5,6);38*1H4. The molecule has 694 valence electrons. The lowest BCUT2D eigenvalue weighted by Gasteiger charge is -2.00. The minimum absolute atomic E-state index is 0. The molecule has 0 saturated heterocycles. The van der Waals surface area contributed by atoms with E-state index in [0.717, 1.165) is 27.7 Å².